The van der Waals surface area contributed by atoms with E-state index in [4.69, 9.17) is 5.73 Å². The topological polar surface area (TPSA) is 65.4 Å². The Bertz CT molecular complexity index is 4260. The molecule has 16 rings (SSSR count). The molecule has 0 amide bonds. The molecule has 0 spiro atoms. The van der Waals surface area contributed by atoms with E-state index in [9.17, 15) is 8.78 Å². The maximum atomic E-state index is 12.7. The standard InChI is InChI=1S/C21H18F2N4O.4C18H15P/c1-13-17(10-14-4-2-3-5-18(14)28-21(22)23)27-12-16(7-9-20(27)26-13)15-6-8-19(24)25-11-15;4*1-4-10-16(11-5-1)19(17-12-6-2-7-13-17)18-14-8-3-9-15-18/h2-9,11-12,21H,10H2,1H3,(H2,24,25);4*1-15H. The largest absolute Gasteiger partial charge is 0.435 e. The van der Waals surface area contributed by atoms with Gasteiger partial charge in [-0.25, -0.2) is 9.97 Å². The molecule has 5 nitrogen and oxygen atoms in total. The molecule has 16 aromatic rings. The highest BCUT2D eigenvalue weighted by atomic mass is 31.1. The summed E-state index contributed by atoms with van der Waals surface area (Å²) in [6.45, 7) is -0.961. The Hall–Kier alpha value is -11.1. The summed E-state index contributed by atoms with van der Waals surface area (Å²) in [5, 5.41) is 16.8. The number of alkyl halides is 2. The Morgan fingerprint density at radius 3 is 0.817 bits per heavy atom. The monoisotopic (exact) mass is 1430 g/mol. The molecule has 11 heteroatoms. The molecule has 510 valence electrons. The number of imidazole rings is 1. The lowest BCUT2D eigenvalue weighted by Crippen LogP contribution is -2.20. The number of fused-ring (bicyclic) bond motifs is 1. The predicted octanol–water partition coefficient (Wildman–Crippen LogP) is 18.3. The van der Waals surface area contributed by atoms with Gasteiger partial charge in [0.1, 0.15) is 17.2 Å². The zero-order chi connectivity index (χ0) is 71.3. The fourth-order valence-electron chi connectivity index (χ4n) is 11.9. The van der Waals surface area contributed by atoms with Crippen molar-refractivity contribution in [2.75, 3.05) is 5.73 Å². The molecule has 0 atom stereocenters. The number of para-hydroxylation sites is 1. The number of ether oxygens (including phenoxy) is 1. The average Bonchev–Trinajstić information content (AvgIpc) is 1.43. The van der Waals surface area contributed by atoms with Crippen molar-refractivity contribution in [1.82, 2.24) is 14.4 Å². The number of halogens is 2. The molecule has 0 saturated heterocycles. The Labute approximate surface area is 615 Å². The third kappa shape index (κ3) is 20.1. The van der Waals surface area contributed by atoms with Crippen LogP contribution < -0.4 is 74.1 Å². The molecule has 0 fully saturated rings. The lowest BCUT2D eigenvalue weighted by Gasteiger charge is -2.18. The van der Waals surface area contributed by atoms with E-state index in [2.05, 4.69) is 379 Å². The van der Waals surface area contributed by atoms with Crippen molar-refractivity contribution in [1.29, 1.82) is 0 Å². The number of hydrogen-bond donors (Lipinski definition) is 1. The number of benzene rings is 13. The number of nitrogens with zero attached hydrogens (tertiary/aromatic N) is 3. The second-order valence-electron chi connectivity index (χ2n) is 23.8. The van der Waals surface area contributed by atoms with E-state index >= 15 is 0 Å². The van der Waals surface area contributed by atoms with Crippen LogP contribution in [0.25, 0.3) is 16.8 Å². The molecule has 0 aliphatic carbocycles. The molecule has 13 aromatic carbocycles. The second kappa shape index (κ2) is 38.2. The van der Waals surface area contributed by atoms with E-state index in [-0.39, 0.29) is 5.75 Å². The van der Waals surface area contributed by atoms with Crippen molar-refractivity contribution in [3.8, 4) is 16.9 Å². The van der Waals surface area contributed by atoms with Crippen molar-refractivity contribution in [2.45, 2.75) is 20.0 Å². The lowest BCUT2D eigenvalue weighted by molar-refractivity contribution is -0.0504. The first kappa shape index (κ1) is 72.7. The predicted molar refractivity (Wildman–Crippen MR) is 444 cm³/mol. The maximum Gasteiger partial charge on any atom is 0.387 e. The SMILES string of the molecule is Cc1nc2ccc(-c3ccc(N)nc3)cn2c1Cc1ccccc1OC(F)F.c1ccc(P(c2ccccc2)c2ccccc2)cc1.c1ccc(P(c2ccccc2)c2ccccc2)cc1.c1ccc(P(c2ccccc2)c2ccccc2)cc1.c1ccc(P(c2ccccc2)c2ccccc2)cc1. The number of hydrogen-bond acceptors (Lipinski definition) is 4. The zero-order valence-corrected chi connectivity index (χ0v) is 61.1. The third-order valence-electron chi connectivity index (χ3n) is 16.8. The molecule has 0 unspecified atom stereocenters. The molecular weight excluding hydrogens is 1350 g/mol. The molecular formula is C93H78F2N4OP4. The zero-order valence-electron chi connectivity index (χ0n) is 57.6. The van der Waals surface area contributed by atoms with E-state index in [0.717, 1.165) is 28.2 Å². The first-order valence-corrected chi connectivity index (χ1v) is 39.7. The molecule has 0 bridgehead atoms. The van der Waals surface area contributed by atoms with Gasteiger partial charge in [-0.3, -0.25) is 0 Å². The minimum Gasteiger partial charge on any atom is -0.435 e. The van der Waals surface area contributed by atoms with E-state index in [1.54, 1.807) is 36.5 Å². The second-order valence-corrected chi connectivity index (χ2v) is 32.7. The number of pyridine rings is 2. The molecule has 104 heavy (non-hydrogen) atoms. The fourth-order valence-corrected chi connectivity index (χ4v) is 21.1. The molecule has 0 aliphatic heterocycles. The van der Waals surface area contributed by atoms with Gasteiger partial charge in [0.2, 0.25) is 0 Å². The summed E-state index contributed by atoms with van der Waals surface area (Å²) in [6, 6.07) is 144. The molecule has 0 aliphatic rings. The van der Waals surface area contributed by atoms with E-state index in [1.165, 1.54) is 63.7 Å². The van der Waals surface area contributed by atoms with Gasteiger partial charge in [0.15, 0.2) is 0 Å². The number of anilines is 1. The smallest absolute Gasteiger partial charge is 0.387 e. The van der Waals surface area contributed by atoms with Crippen LogP contribution in [0.2, 0.25) is 0 Å². The molecule has 3 heterocycles. The van der Waals surface area contributed by atoms with Gasteiger partial charge in [-0.15, -0.1) is 0 Å². The maximum absolute atomic E-state index is 12.7. The highest BCUT2D eigenvalue weighted by Crippen LogP contribution is 2.36. The number of rotatable bonds is 17. The summed E-state index contributed by atoms with van der Waals surface area (Å²) in [6.07, 6.45) is 4.10. The van der Waals surface area contributed by atoms with Crippen LogP contribution in [-0.2, 0) is 6.42 Å². The first-order valence-electron chi connectivity index (χ1n) is 34.3. The summed E-state index contributed by atoms with van der Waals surface area (Å²) in [5.41, 5.74) is 10.7. The Balaban J connectivity index is 0.000000124. The summed E-state index contributed by atoms with van der Waals surface area (Å²) in [5.74, 6) is 0.630. The molecule has 3 aromatic heterocycles. The molecule has 0 saturated carbocycles. The number of nitrogen functional groups attached to an aromatic ring is 1. The summed E-state index contributed by atoms with van der Waals surface area (Å²) in [7, 11) is -1.78. The Morgan fingerprint density at radius 1 is 0.317 bits per heavy atom. The Kier molecular flexibility index (Phi) is 26.7. The summed E-state index contributed by atoms with van der Waals surface area (Å²) >= 11 is 0. The van der Waals surface area contributed by atoms with Crippen LogP contribution in [0.15, 0.2) is 425 Å². The van der Waals surface area contributed by atoms with Gasteiger partial charge in [0.05, 0.1) is 5.69 Å². The van der Waals surface area contributed by atoms with Crippen LogP contribution in [0.4, 0.5) is 14.6 Å². The molecule has 2 N–H and O–H groups in total. The van der Waals surface area contributed by atoms with E-state index in [0.29, 0.717) is 17.8 Å². The van der Waals surface area contributed by atoms with Gasteiger partial charge in [0.25, 0.3) is 0 Å². The highest BCUT2D eigenvalue weighted by molar-refractivity contribution is 7.81. The van der Waals surface area contributed by atoms with Crippen molar-refractivity contribution < 1.29 is 13.5 Å². The summed E-state index contributed by atoms with van der Waals surface area (Å²) < 4.78 is 32.1. The number of aromatic nitrogens is 3. The highest BCUT2D eigenvalue weighted by Gasteiger charge is 2.20. The Morgan fingerprint density at radius 2 is 0.567 bits per heavy atom. The van der Waals surface area contributed by atoms with Gasteiger partial charge < -0.3 is 14.9 Å². The minimum atomic E-state index is -2.87. The van der Waals surface area contributed by atoms with Crippen molar-refractivity contribution in [2.24, 2.45) is 0 Å². The quantitative estimate of drug-likeness (QED) is 0.0923. The van der Waals surface area contributed by atoms with Crippen molar-refractivity contribution in [3.63, 3.8) is 0 Å². The van der Waals surface area contributed by atoms with Crippen molar-refractivity contribution in [3.05, 3.63) is 442 Å². The third-order valence-corrected chi connectivity index (χ3v) is 26.5. The number of aryl methyl sites for hydroxylation is 1. The minimum absolute atomic E-state index is 0.172. The van der Waals surface area contributed by atoms with Crippen LogP contribution >= 0.6 is 31.7 Å². The lowest BCUT2D eigenvalue weighted by atomic mass is 10.1. The van der Waals surface area contributed by atoms with Gasteiger partial charge in [-0.2, -0.15) is 8.78 Å². The summed E-state index contributed by atoms with van der Waals surface area (Å²) in [4.78, 5) is 8.72. The van der Waals surface area contributed by atoms with Crippen LogP contribution in [0.5, 0.6) is 5.75 Å². The first-order chi connectivity index (χ1) is 51.3. The van der Waals surface area contributed by atoms with Gasteiger partial charge in [-0.1, -0.05) is 382 Å². The normalized spacial score (nSPS) is 10.8. The van der Waals surface area contributed by atoms with Crippen LogP contribution in [-0.4, -0.2) is 21.0 Å². The van der Waals surface area contributed by atoms with Crippen LogP contribution in [0.3, 0.4) is 0 Å². The van der Waals surface area contributed by atoms with Gasteiger partial charge in [-0.05, 0) is 133 Å². The van der Waals surface area contributed by atoms with Gasteiger partial charge >= 0.3 is 6.61 Å². The van der Waals surface area contributed by atoms with E-state index < -0.39 is 38.3 Å². The van der Waals surface area contributed by atoms with Crippen LogP contribution in [0.1, 0.15) is 17.0 Å². The van der Waals surface area contributed by atoms with Gasteiger partial charge in [0, 0.05) is 41.2 Å². The molecule has 0 radical (unpaired) electrons. The average molecular weight is 1430 g/mol. The van der Waals surface area contributed by atoms with Crippen molar-refractivity contribution >= 4 is 107 Å². The number of nitrogens with two attached hydrogens (primary N) is 1. The van der Waals surface area contributed by atoms with Crippen LogP contribution in [0, 0.1) is 6.92 Å². The fraction of sp³-hybridized carbons (Fsp3) is 0.0323. The van der Waals surface area contributed by atoms with E-state index in [1.807, 2.05) is 35.7 Å².